The zero-order valence-corrected chi connectivity index (χ0v) is 59.8. The molecule has 0 saturated carbocycles. The van der Waals surface area contributed by atoms with E-state index in [9.17, 15) is 19.5 Å². The van der Waals surface area contributed by atoms with E-state index in [0.29, 0.717) is 23.9 Å². The smallest absolute Gasteiger partial charge is 0.361 e. The fourth-order valence-corrected chi connectivity index (χ4v) is 11.1. The van der Waals surface area contributed by atoms with Crippen molar-refractivity contribution in [2.75, 3.05) is 47.5 Å². The van der Waals surface area contributed by atoms with Gasteiger partial charge < -0.3 is 28.5 Å². The minimum Gasteiger partial charge on any atom is -0.477 e. The van der Waals surface area contributed by atoms with E-state index in [1.165, 1.54) is 231 Å². The number of aliphatic carboxylic acids is 1. The maximum absolute atomic E-state index is 13.0. The first-order chi connectivity index (χ1) is 44.1. The summed E-state index contributed by atoms with van der Waals surface area (Å²) in [5.41, 5.74) is 0. The predicted octanol–water partition coefficient (Wildman–Crippen LogP) is 24.2. The van der Waals surface area contributed by atoms with Gasteiger partial charge in [-0.1, -0.05) is 356 Å². The van der Waals surface area contributed by atoms with E-state index in [4.69, 9.17) is 18.9 Å². The summed E-state index contributed by atoms with van der Waals surface area (Å²) in [4.78, 5) is 37.7. The van der Waals surface area contributed by atoms with Gasteiger partial charge in [0.05, 0.1) is 34.4 Å². The van der Waals surface area contributed by atoms with Crippen LogP contribution in [-0.2, 0) is 33.3 Å². The van der Waals surface area contributed by atoms with Crippen LogP contribution in [0.1, 0.15) is 354 Å². The highest BCUT2D eigenvalue weighted by Gasteiger charge is 2.25. The van der Waals surface area contributed by atoms with Crippen LogP contribution in [0.25, 0.3) is 0 Å². The number of likely N-dealkylation sites (N-methyl/N-ethyl adjacent to an activating group) is 1. The highest BCUT2D eigenvalue weighted by molar-refractivity contribution is 5.71. The first-order valence-electron chi connectivity index (χ1n) is 38.3. The maximum Gasteiger partial charge on any atom is 0.361 e. The van der Waals surface area contributed by atoms with Crippen molar-refractivity contribution in [3.63, 3.8) is 0 Å². The molecule has 522 valence electrons. The molecular formula is C81H146NO8+. The number of esters is 2. The first-order valence-corrected chi connectivity index (χ1v) is 38.3. The molecule has 0 fully saturated rings. The molecule has 0 aliphatic heterocycles. The molecule has 9 heteroatoms. The van der Waals surface area contributed by atoms with Crippen molar-refractivity contribution in [2.45, 2.75) is 367 Å². The lowest BCUT2D eigenvalue weighted by Crippen LogP contribution is -2.40. The quantitative estimate of drug-likeness (QED) is 0.0211. The number of rotatable bonds is 71. The molecule has 0 aliphatic rings. The topological polar surface area (TPSA) is 108 Å². The predicted molar refractivity (Wildman–Crippen MR) is 387 cm³/mol. The first kappa shape index (κ1) is 86.5. The van der Waals surface area contributed by atoms with Crippen molar-refractivity contribution in [2.24, 2.45) is 0 Å². The molecule has 0 aromatic heterocycles. The number of hydrogen-bond donors (Lipinski definition) is 1. The van der Waals surface area contributed by atoms with Gasteiger partial charge in [-0.3, -0.25) is 9.59 Å². The Kier molecular flexibility index (Phi) is 68.5. The Hall–Kier alpha value is -3.53. The van der Waals surface area contributed by atoms with E-state index in [2.05, 4.69) is 98.9 Å². The van der Waals surface area contributed by atoms with Gasteiger partial charge in [0.15, 0.2) is 6.10 Å². The minimum atomic E-state index is -1.52. The summed E-state index contributed by atoms with van der Waals surface area (Å²) in [6.07, 6.45) is 94.5. The van der Waals surface area contributed by atoms with Gasteiger partial charge in [0.25, 0.3) is 6.29 Å². The van der Waals surface area contributed by atoms with Crippen LogP contribution in [0.2, 0.25) is 0 Å². The van der Waals surface area contributed by atoms with Crippen LogP contribution in [-0.4, -0.2) is 87.4 Å². The second-order valence-electron chi connectivity index (χ2n) is 26.9. The van der Waals surface area contributed by atoms with Crippen molar-refractivity contribution < 1.29 is 42.9 Å². The molecule has 0 bridgehead atoms. The fourth-order valence-electron chi connectivity index (χ4n) is 11.1. The summed E-state index contributed by atoms with van der Waals surface area (Å²) in [7, 11) is 5.98. The van der Waals surface area contributed by atoms with Gasteiger partial charge in [-0.2, -0.15) is 0 Å². The highest BCUT2D eigenvalue weighted by Crippen LogP contribution is 2.19. The van der Waals surface area contributed by atoms with Crippen LogP contribution < -0.4 is 0 Å². The van der Waals surface area contributed by atoms with Gasteiger partial charge in [-0.25, -0.2) is 4.79 Å². The lowest BCUT2D eigenvalue weighted by molar-refractivity contribution is -0.870. The largest absolute Gasteiger partial charge is 0.477 e. The third-order valence-electron chi connectivity index (χ3n) is 16.9. The van der Waals surface area contributed by atoms with Crippen LogP contribution in [0, 0.1) is 0 Å². The Labute approximate surface area is 557 Å². The van der Waals surface area contributed by atoms with Crippen LogP contribution in [0.15, 0.2) is 85.1 Å². The molecule has 0 heterocycles. The summed E-state index contributed by atoms with van der Waals surface area (Å²) < 4.78 is 23.0. The Morgan fingerprint density at radius 3 is 0.944 bits per heavy atom. The van der Waals surface area contributed by atoms with Crippen molar-refractivity contribution in [3.05, 3.63) is 85.1 Å². The van der Waals surface area contributed by atoms with Crippen LogP contribution >= 0.6 is 0 Å². The second-order valence-corrected chi connectivity index (χ2v) is 26.9. The van der Waals surface area contributed by atoms with Gasteiger partial charge in [0, 0.05) is 12.8 Å². The summed E-state index contributed by atoms with van der Waals surface area (Å²) in [6, 6.07) is 0. The molecule has 2 unspecified atom stereocenters. The number of carboxylic acid groups (broad SMARTS) is 1. The second kappa shape index (κ2) is 71.3. The van der Waals surface area contributed by atoms with Gasteiger partial charge in [-0.15, -0.1) is 0 Å². The molecule has 0 spiro atoms. The normalized spacial score (nSPS) is 13.1. The van der Waals surface area contributed by atoms with Crippen LogP contribution in [0.5, 0.6) is 0 Å². The molecule has 90 heavy (non-hydrogen) atoms. The zero-order chi connectivity index (χ0) is 65.4. The minimum absolute atomic E-state index is 0.183. The number of ether oxygens (including phenoxy) is 4. The van der Waals surface area contributed by atoms with Gasteiger partial charge >= 0.3 is 17.9 Å². The molecule has 0 amide bonds. The number of carboxylic acids is 1. The number of nitrogens with zero attached hydrogens (tertiary/aromatic N) is 1. The van der Waals surface area contributed by atoms with Gasteiger partial charge in [-0.05, 0) is 70.6 Å². The number of carbonyl (C=O) groups excluding carboxylic acids is 2. The Morgan fingerprint density at radius 2 is 0.633 bits per heavy atom. The zero-order valence-electron chi connectivity index (χ0n) is 59.8. The van der Waals surface area contributed by atoms with Crippen molar-refractivity contribution in [1.82, 2.24) is 0 Å². The Balaban J connectivity index is 4.05. The monoisotopic (exact) mass is 1260 g/mol. The molecule has 0 saturated heterocycles. The standard InChI is InChI=1S/C81H145NO8/c1-6-8-10-12-14-16-18-20-22-24-26-28-30-32-34-36-37-38-39-40-41-42-44-45-47-49-51-53-55-57-59-61-63-65-67-69-71-78(83)88-75-77(76-89-81(80(85)86)87-74-73-82(3,4)5)90-79(84)72-70-68-66-64-62-60-58-56-54-52-50-48-46-43-35-33-31-29-27-25-23-21-19-17-15-13-11-9-7-2/h9,11,15,17,21,23,27,29,33,35,46,48,52,54,77,81H,6-8,10,12-14,16,18-20,22,24-26,28,30-32,34,36-45,47,49-51,53,55-76H2,1-5H3/p+1/b11-9-,17-15-,23-21-,29-27-,35-33-,48-46-,54-52-. The van der Waals surface area contributed by atoms with E-state index < -0.39 is 24.3 Å². The van der Waals surface area contributed by atoms with E-state index in [1.54, 1.807) is 0 Å². The lowest BCUT2D eigenvalue weighted by atomic mass is 10.0. The SMILES string of the molecule is CC/C=C\C/C=C\C/C=C\C/C=C\C/C=C\C/C=C\C/C=C\CCCCCCCCCC(=O)OC(COC(=O)CCCCCCCCCCCCCCCCCCCCCCCCCCCCCCCCCCCCCC)COC(OCC[N+](C)(C)C)C(=O)O. The summed E-state index contributed by atoms with van der Waals surface area (Å²) in [6.45, 7) is 4.80. The molecular weight excluding hydrogens is 1110 g/mol. The molecule has 2 atom stereocenters. The maximum atomic E-state index is 13.0. The van der Waals surface area contributed by atoms with Crippen molar-refractivity contribution >= 4 is 17.9 Å². The lowest BCUT2D eigenvalue weighted by Gasteiger charge is -2.25. The van der Waals surface area contributed by atoms with E-state index in [-0.39, 0.29) is 32.2 Å². The summed E-state index contributed by atoms with van der Waals surface area (Å²) in [5, 5.41) is 9.76. The Bertz CT molecular complexity index is 1760. The molecule has 0 aromatic carbocycles. The van der Waals surface area contributed by atoms with Crippen molar-refractivity contribution in [1.29, 1.82) is 0 Å². The molecule has 0 rings (SSSR count). The van der Waals surface area contributed by atoms with Crippen LogP contribution in [0.4, 0.5) is 0 Å². The molecule has 0 aliphatic carbocycles. The number of unbranched alkanes of at least 4 members (excludes halogenated alkanes) is 42. The summed E-state index contributed by atoms with van der Waals surface area (Å²) in [5.74, 6) is -2.01. The molecule has 1 N–H and O–H groups in total. The van der Waals surface area contributed by atoms with E-state index >= 15 is 0 Å². The average molecular weight is 1260 g/mol. The Morgan fingerprint density at radius 1 is 0.344 bits per heavy atom. The molecule has 0 radical (unpaired) electrons. The van der Waals surface area contributed by atoms with Gasteiger partial charge in [0.1, 0.15) is 13.2 Å². The third-order valence-corrected chi connectivity index (χ3v) is 16.9. The number of carbonyl (C=O) groups is 3. The van der Waals surface area contributed by atoms with Gasteiger partial charge in [0.2, 0.25) is 0 Å². The number of allylic oxidation sites excluding steroid dienone is 14. The fraction of sp³-hybridized carbons (Fsp3) is 0.790. The highest BCUT2D eigenvalue weighted by atomic mass is 16.7. The van der Waals surface area contributed by atoms with Crippen LogP contribution in [0.3, 0.4) is 0 Å². The number of quaternary nitrogens is 1. The number of hydrogen-bond acceptors (Lipinski definition) is 7. The van der Waals surface area contributed by atoms with E-state index in [1.807, 2.05) is 21.1 Å². The molecule has 0 aromatic rings. The molecule has 9 nitrogen and oxygen atoms in total. The average Bonchev–Trinajstić information content (AvgIpc) is 3.74. The van der Waals surface area contributed by atoms with Crippen molar-refractivity contribution in [3.8, 4) is 0 Å². The third kappa shape index (κ3) is 71.9. The van der Waals surface area contributed by atoms with E-state index in [0.717, 1.165) is 89.9 Å². The summed E-state index contributed by atoms with van der Waals surface area (Å²) >= 11 is 0.